The van der Waals surface area contributed by atoms with Crippen LogP contribution in [0.15, 0.2) is 12.1 Å². The minimum Gasteiger partial charge on any atom is -0.347 e. The van der Waals surface area contributed by atoms with Crippen LogP contribution in [0.5, 0.6) is 0 Å². The molecule has 4 nitrogen and oxygen atoms in total. The standard InChI is InChI=1S/C13H20ClN3OS/c1-9(11-3-4-12(14)19-11)16-13(18)10(2)17-7-5-15-6-8-17/h3-4,9-10,15H,5-8H2,1-2H3,(H,16,18). The second-order valence-electron chi connectivity index (χ2n) is 4.83. The van der Waals surface area contributed by atoms with Crippen LogP contribution in [0.4, 0.5) is 0 Å². The molecule has 0 bridgehead atoms. The number of rotatable bonds is 4. The molecule has 1 aliphatic rings. The summed E-state index contributed by atoms with van der Waals surface area (Å²) >= 11 is 7.43. The Bertz CT molecular complexity index is 431. The van der Waals surface area contributed by atoms with E-state index in [1.807, 2.05) is 26.0 Å². The number of carbonyl (C=O) groups is 1. The predicted octanol–water partition coefficient (Wildman–Crippen LogP) is 1.87. The number of hydrogen-bond donors (Lipinski definition) is 2. The summed E-state index contributed by atoms with van der Waals surface area (Å²) in [5.41, 5.74) is 0. The maximum absolute atomic E-state index is 12.2. The van der Waals surface area contributed by atoms with Gasteiger partial charge in [0, 0.05) is 31.1 Å². The van der Waals surface area contributed by atoms with Gasteiger partial charge in [-0.1, -0.05) is 11.6 Å². The van der Waals surface area contributed by atoms with Crippen molar-refractivity contribution in [2.45, 2.75) is 25.9 Å². The molecule has 2 unspecified atom stereocenters. The third-order valence-electron chi connectivity index (χ3n) is 3.46. The molecule has 0 aliphatic carbocycles. The molecule has 19 heavy (non-hydrogen) atoms. The normalized spacial score (nSPS) is 19.9. The van der Waals surface area contributed by atoms with E-state index in [4.69, 9.17) is 11.6 Å². The Morgan fingerprint density at radius 2 is 2.11 bits per heavy atom. The van der Waals surface area contributed by atoms with Gasteiger partial charge in [-0.25, -0.2) is 0 Å². The van der Waals surface area contributed by atoms with E-state index in [9.17, 15) is 4.79 Å². The summed E-state index contributed by atoms with van der Waals surface area (Å²) in [5, 5.41) is 6.35. The zero-order chi connectivity index (χ0) is 13.8. The van der Waals surface area contributed by atoms with E-state index < -0.39 is 0 Å². The fraction of sp³-hybridized carbons (Fsp3) is 0.615. The van der Waals surface area contributed by atoms with Crippen LogP contribution in [0.25, 0.3) is 0 Å². The molecule has 1 saturated heterocycles. The van der Waals surface area contributed by atoms with Gasteiger partial charge in [0.2, 0.25) is 5.91 Å². The molecule has 0 saturated carbocycles. The second kappa shape index (κ2) is 6.70. The van der Waals surface area contributed by atoms with Gasteiger partial charge in [-0.2, -0.15) is 0 Å². The van der Waals surface area contributed by atoms with Crippen molar-refractivity contribution in [2.24, 2.45) is 0 Å². The van der Waals surface area contributed by atoms with Crippen LogP contribution in [0.1, 0.15) is 24.8 Å². The molecular weight excluding hydrogens is 282 g/mol. The number of thiophene rings is 1. The van der Waals surface area contributed by atoms with Crippen molar-refractivity contribution in [3.8, 4) is 0 Å². The minimum absolute atomic E-state index is 0.00960. The van der Waals surface area contributed by atoms with Crippen molar-refractivity contribution in [3.63, 3.8) is 0 Å². The molecule has 1 amide bonds. The van der Waals surface area contributed by atoms with Gasteiger partial charge in [0.15, 0.2) is 0 Å². The average molecular weight is 302 g/mol. The summed E-state index contributed by atoms with van der Waals surface area (Å²) in [6.45, 7) is 7.71. The highest BCUT2D eigenvalue weighted by Gasteiger charge is 2.24. The number of hydrogen-bond acceptors (Lipinski definition) is 4. The van der Waals surface area contributed by atoms with Crippen LogP contribution >= 0.6 is 22.9 Å². The molecule has 2 heterocycles. The lowest BCUT2D eigenvalue weighted by Crippen LogP contribution is -2.52. The van der Waals surface area contributed by atoms with Gasteiger partial charge < -0.3 is 10.6 Å². The second-order valence-corrected chi connectivity index (χ2v) is 6.58. The first-order valence-electron chi connectivity index (χ1n) is 6.58. The van der Waals surface area contributed by atoms with E-state index in [0.29, 0.717) is 0 Å². The highest BCUT2D eigenvalue weighted by atomic mass is 35.5. The van der Waals surface area contributed by atoms with Crippen LogP contribution in [0, 0.1) is 0 Å². The summed E-state index contributed by atoms with van der Waals surface area (Å²) < 4.78 is 0.756. The summed E-state index contributed by atoms with van der Waals surface area (Å²) in [6.07, 6.45) is 0. The van der Waals surface area contributed by atoms with Crippen LogP contribution in [-0.2, 0) is 4.79 Å². The average Bonchev–Trinajstić information content (AvgIpc) is 2.85. The number of nitrogens with one attached hydrogen (secondary N) is 2. The van der Waals surface area contributed by atoms with E-state index in [1.165, 1.54) is 11.3 Å². The lowest BCUT2D eigenvalue weighted by Gasteiger charge is -2.32. The zero-order valence-corrected chi connectivity index (χ0v) is 12.9. The molecule has 2 rings (SSSR count). The first-order chi connectivity index (χ1) is 9.08. The Morgan fingerprint density at radius 3 is 2.68 bits per heavy atom. The van der Waals surface area contributed by atoms with Crippen LogP contribution < -0.4 is 10.6 Å². The molecule has 1 fully saturated rings. The van der Waals surface area contributed by atoms with Crippen LogP contribution in [-0.4, -0.2) is 43.0 Å². The first-order valence-corrected chi connectivity index (χ1v) is 7.77. The quantitative estimate of drug-likeness (QED) is 0.892. The summed E-state index contributed by atoms with van der Waals surface area (Å²) in [6, 6.07) is 3.76. The predicted molar refractivity (Wildman–Crippen MR) is 79.8 cm³/mol. The topological polar surface area (TPSA) is 44.4 Å². The third kappa shape index (κ3) is 3.92. The van der Waals surface area contributed by atoms with Crippen molar-refractivity contribution >= 4 is 28.8 Å². The van der Waals surface area contributed by atoms with Crippen LogP contribution in [0.2, 0.25) is 4.34 Å². The Kier molecular flexibility index (Phi) is 5.21. The lowest BCUT2D eigenvalue weighted by atomic mass is 10.2. The van der Waals surface area contributed by atoms with E-state index in [-0.39, 0.29) is 18.0 Å². The van der Waals surface area contributed by atoms with Crippen LogP contribution in [0.3, 0.4) is 0 Å². The molecule has 1 aliphatic heterocycles. The molecule has 0 radical (unpaired) electrons. The molecule has 0 aromatic carbocycles. The SMILES string of the molecule is CC(NC(=O)C(C)N1CCNCC1)c1ccc(Cl)s1. The summed E-state index contributed by atoms with van der Waals surface area (Å²) in [5.74, 6) is 0.0823. The Balaban J connectivity index is 1.89. The molecular formula is C13H20ClN3OS. The van der Waals surface area contributed by atoms with Gasteiger partial charge in [-0.05, 0) is 26.0 Å². The number of carbonyl (C=O) groups excluding carboxylic acids is 1. The molecule has 106 valence electrons. The van der Waals surface area contributed by atoms with Crippen molar-refractivity contribution in [1.29, 1.82) is 0 Å². The van der Waals surface area contributed by atoms with Gasteiger partial charge in [0.05, 0.1) is 16.4 Å². The maximum atomic E-state index is 12.2. The smallest absolute Gasteiger partial charge is 0.237 e. The van der Waals surface area contributed by atoms with Gasteiger partial charge in [0.1, 0.15) is 0 Å². The fourth-order valence-electron chi connectivity index (χ4n) is 2.20. The van der Waals surface area contributed by atoms with Gasteiger partial charge in [-0.3, -0.25) is 9.69 Å². The van der Waals surface area contributed by atoms with Gasteiger partial charge >= 0.3 is 0 Å². The van der Waals surface area contributed by atoms with Crippen molar-refractivity contribution in [2.75, 3.05) is 26.2 Å². The molecule has 2 N–H and O–H groups in total. The van der Waals surface area contributed by atoms with Crippen molar-refractivity contribution < 1.29 is 4.79 Å². The van der Waals surface area contributed by atoms with E-state index >= 15 is 0 Å². The zero-order valence-electron chi connectivity index (χ0n) is 11.3. The highest BCUT2D eigenvalue weighted by Crippen LogP contribution is 2.26. The number of amides is 1. The number of piperazine rings is 1. The van der Waals surface area contributed by atoms with Gasteiger partial charge in [-0.15, -0.1) is 11.3 Å². The molecule has 1 aromatic heterocycles. The fourth-order valence-corrected chi connectivity index (χ4v) is 3.26. The van der Waals surface area contributed by atoms with Gasteiger partial charge in [0.25, 0.3) is 0 Å². The third-order valence-corrected chi connectivity index (χ3v) is 4.87. The van der Waals surface area contributed by atoms with E-state index in [2.05, 4.69) is 15.5 Å². The summed E-state index contributed by atoms with van der Waals surface area (Å²) in [4.78, 5) is 15.5. The Labute approximate surface area is 123 Å². The monoisotopic (exact) mass is 301 g/mol. The highest BCUT2D eigenvalue weighted by molar-refractivity contribution is 7.16. The van der Waals surface area contributed by atoms with E-state index in [1.54, 1.807) is 0 Å². The largest absolute Gasteiger partial charge is 0.347 e. The number of nitrogens with zero attached hydrogens (tertiary/aromatic N) is 1. The number of halogens is 1. The molecule has 2 atom stereocenters. The molecule has 6 heteroatoms. The maximum Gasteiger partial charge on any atom is 0.237 e. The van der Waals surface area contributed by atoms with Crippen molar-refractivity contribution in [3.05, 3.63) is 21.3 Å². The molecule has 0 spiro atoms. The van der Waals surface area contributed by atoms with Crippen molar-refractivity contribution in [1.82, 2.24) is 15.5 Å². The summed E-state index contributed by atoms with van der Waals surface area (Å²) in [7, 11) is 0. The first kappa shape index (κ1) is 14.8. The Morgan fingerprint density at radius 1 is 1.42 bits per heavy atom. The Hall–Kier alpha value is -0.620. The van der Waals surface area contributed by atoms with E-state index in [0.717, 1.165) is 35.4 Å². The minimum atomic E-state index is -0.0833. The lowest BCUT2D eigenvalue weighted by molar-refractivity contribution is -0.126. The molecule has 1 aromatic rings.